The summed E-state index contributed by atoms with van der Waals surface area (Å²) in [5.41, 5.74) is 4.30. The summed E-state index contributed by atoms with van der Waals surface area (Å²) in [5.74, 6) is 3.92. The van der Waals surface area contributed by atoms with Crippen molar-refractivity contribution >= 4 is 16.7 Å². The van der Waals surface area contributed by atoms with E-state index in [0.717, 1.165) is 46.3 Å². The van der Waals surface area contributed by atoms with Crippen LogP contribution in [0, 0.1) is 12.8 Å². The largest absolute Gasteiger partial charge is 0.486 e. The molecule has 5 heteroatoms. The number of hydrogen-bond acceptors (Lipinski definition) is 4. The minimum atomic E-state index is 0.411. The van der Waals surface area contributed by atoms with Gasteiger partial charge in [0.25, 0.3) is 0 Å². The Labute approximate surface area is 190 Å². The van der Waals surface area contributed by atoms with E-state index in [-0.39, 0.29) is 0 Å². The normalized spacial score (nSPS) is 11.2. The summed E-state index contributed by atoms with van der Waals surface area (Å²) < 4.78 is 14.2. The van der Waals surface area contributed by atoms with Crippen molar-refractivity contribution in [3.63, 3.8) is 0 Å². The molecular weight excluding hydrogens is 398 g/mol. The number of fused-ring (bicyclic) bond motifs is 1. The zero-order valence-electron chi connectivity index (χ0n) is 19.5. The molecule has 0 unspecified atom stereocenters. The molecule has 0 bridgehead atoms. The van der Waals surface area contributed by atoms with Crippen LogP contribution < -0.4 is 14.4 Å². The summed E-state index contributed by atoms with van der Waals surface area (Å²) in [7, 11) is 4.12. The summed E-state index contributed by atoms with van der Waals surface area (Å²) >= 11 is 0. The van der Waals surface area contributed by atoms with Gasteiger partial charge in [0.05, 0.1) is 11.0 Å². The number of hydrogen-bond donors (Lipinski definition) is 0. The van der Waals surface area contributed by atoms with Crippen molar-refractivity contribution in [3.8, 4) is 17.2 Å². The second-order valence-electron chi connectivity index (χ2n) is 8.71. The number of anilines is 1. The molecule has 166 valence electrons. The second kappa shape index (κ2) is 9.35. The van der Waals surface area contributed by atoms with Gasteiger partial charge in [-0.15, -0.1) is 0 Å². The summed E-state index contributed by atoms with van der Waals surface area (Å²) in [6, 6.07) is 22.3. The summed E-state index contributed by atoms with van der Waals surface area (Å²) in [6.07, 6.45) is 0. The van der Waals surface area contributed by atoms with Crippen LogP contribution in [0.25, 0.3) is 11.0 Å². The van der Waals surface area contributed by atoms with Crippen molar-refractivity contribution in [2.24, 2.45) is 13.0 Å². The minimum absolute atomic E-state index is 0.411. The summed E-state index contributed by atoms with van der Waals surface area (Å²) in [4.78, 5) is 6.99. The Bertz CT molecular complexity index is 1200. The van der Waals surface area contributed by atoms with Crippen LogP contribution in [0.4, 0.5) is 5.69 Å². The van der Waals surface area contributed by atoms with Crippen LogP contribution >= 0.6 is 0 Å². The highest BCUT2D eigenvalue weighted by Crippen LogP contribution is 2.29. The van der Waals surface area contributed by atoms with E-state index in [4.69, 9.17) is 14.5 Å². The molecule has 4 rings (SSSR count). The van der Waals surface area contributed by atoms with Crippen molar-refractivity contribution < 1.29 is 9.47 Å². The number of ether oxygens (including phenoxy) is 2. The molecule has 0 saturated heterocycles. The van der Waals surface area contributed by atoms with E-state index in [2.05, 4.69) is 49.4 Å². The molecule has 0 saturated carbocycles. The predicted octanol–water partition coefficient (Wildman–Crippen LogP) is 6.35. The molecule has 4 aromatic rings. The zero-order chi connectivity index (χ0) is 22.7. The highest BCUT2D eigenvalue weighted by Gasteiger charge is 2.11. The maximum Gasteiger partial charge on any atom is 0.147 e. The quantitative estimate of drug-likeness (QED) is 0.327. The Hall–Kier alpha value is -3.47. The lowest BCUT2D eigenvalue weighted by Crippen LogP contribution is -2.22. The van der Waals surface area contributed by atoms with Crippen LogP contribution in [0.15, 0.2) is 66.7 Å². The van der Waals surface area contributed by atoms with E-state index >= 15 is 0 Å². The fraction of sp³-hybridized carbons (Fsp3) is 0.296. The lowest BCUT2D eigenvalue weighted by Gasteiger charge is -2.22. The van der Waals surface area contributed by atoms with Gasteiger partial charge in [-0.1, -0.05) is 37.6 Å². The van der Waals surface area contributed by atoms with Crippen molar-refractivity contribution in [1.82, 2.24) is 9.55 Å². The molecule has 0 N–H and O–H groups in total. The van der Waals surface area contributed by atoms with E-state index in [1.165, 1.54) is 5.56 Å². The lowest BCUT2D eigenvalue weighted by molar-refractivity contribution is 0.292. The first kappa shape index (κ1) is 21.8. The molecule has 1 aromatic heterocycles. The van der Waals surface area contributed by atoms with Crippen LogP contribution in [0.2, 0.25) is 0 Å². The molecular formula is C27H31N3O2. The van der Waals surface area contributed by atoms with Crippen LogP contribution in [0.1, 0.15) is 25.2 Å². The first-order valence-electron chi connectivity index (χ1n) is 11.0. The monoisotopic (exact) mass is 429 g/mol. The Balaban J connectivity index is 1.50. The fourth-order valence-corrected chi connectivity index (χ4v) is 3.77. The van der Waals surface area contributed by atoms with Gasteiger partial charge in [0.15, 0.2) is 0 Å². The Morgan fingerprint density at radius 3 is 2.41 bits per heavy atom. The van der Waals surface area contributed by atoms with E-state index in [1.54, 1.807) is 0 Å². The smallest absolute Gasteiger partial charge is 0.147 e. The number of aryl methyl sites for hydroxylation is 2. The van der Waals surface area contributed by atoms with Gasteiger partial charge in [-0.25, -0.2) is 4.98 Å². The fourth-order valence-electron chi connectivity index (χ4n) is 3.77. The molecule has 0 spiro atoms. The van der Waals surface area contributed by atoms with Gasteiger partial charge >= 0.3 is 0 Å². The maximum absolute atomic E-state index is 6.19. The van der Waals surface area contributed by atoms with Gasteiger partial charge in [-0.2, -0.15) is 0 Å². The third-order valence-corrected chi connectivity index (χ3v) is 5.47. The molecule has 0 atom stereocenters. The first-order valence-corrected chi connectivity index (χ1v) is 11.0. The van der Waals surface area contributed by atoms with Gasteiger partial charge in [-0.3, -0.25) is 0 Å². The zero-order valence-corrected chi connectivity index (χ0v) is 19.5. The molecule has 0 fully saturated rings. The van der Waals surface area contributed by atoms with E-state index in [1.807, 2.05) is 61.6 Å². The molecule has 0 aliphatic rings. The second-order valence-corrected chi connectivity index (χ2v) is 8.71. The van der Waals surface area contributed by atoms with Crippen molar-refractivity contribution in [3.05, 3.63) is 78.1 Å². The Morgan fingerprint density at radius 2 is 1.66 bits per heavy atom. The molecule has 0 aliphatic heterocycles. The van der Waals surface area contributed by atoms with Crippen molar-refractivity contribution in [2.75, 3.05) is 18.5 Å². The van der Waals surface area contributed by atoms with E-state index in [9.17, 15) is 0 Å². The minimum Gasteiger partial charge on any atom is -0.486 e. The first-order chi connectivity index (χ1) is 15.4. The number of benzene rings is 3. The van der Waals surface area contributed by atoms with E-state index < -0.39 is 0 Å². The Kier molecular flexibility index (Phi) is 6.35. The van der Waals surface area contributed by atoms with Gasteiger partial charge in [0.1, 0.15) is 29.7 Å². The number of aromatic nitrogens is 2. The van der Waals surface area contributed by atoms with Crippen LogP contribution in [0.5, 0.6) is 17.2 Å². The number of nitrogens with zero attached hydrogens (tertiary/aromatic N) is 3. The summed E-state index contributed by atoms with van der Waals surface area (Å²) in [5, 5.41) is 0. The molecule has 0 amide bonds. The van der Waals surface area contributed by atoms with Gasteiger partial charge < -0.3 is 18.9 Å². The molecule has 5 nitrogen and oxygen atoms in total. The highest BCUT2D eigenvalue weighted by atomic mass is 16.5. The number of imidazole rings is 1. The molecule has 3 aromatic carbocycles. The molecule has 0 radical (unpaired) electrons. The van der Waals surface area contributed by atoms with Crippen LogP contribution in [0.3, 0.4) is 0 Å². The SMILES string of the molecule is Cc1ccc(OCc2nc3ccc(Oc4cccc(N(C)CC(C)C)c4)cc3n2C)cc1. The van der Waals surface area contributed by atoms with Crippen molar-refractivity contribution in [1.29, 1.82) is 0 Å². The highest BCUT2D eigenvalue weighted by molar-refractivity contribution is 5.78. The van der Waals surface area contributed by atoms with Gasteiger partial charge in [-0.05, 0) is 49.2 Å². The topological polar surface area (TPSA) is 39.5 Å². The molecule has 0 aliphatic carbocycles. The molecule has 1 heterocycles. The number of rotatable bonds is 8. The average molecular weight is 430 g/mol. The molecule has 32 heavy (non-hydrogen) atoms. The lowest BCUT2D eigenvalue weighted by atomic mass is 10.2. The standard InChI is InChI=1S/C27H31N3O2/c1-19(2)17-29(4)21-7-6-8-23(15-21)32-24-13-14-25-26(16-24)30(5)27(28-25)18-31-22-11-9-20(3)10-12-22/h6-16,19H,17-18H2,1-5H3. The summed E-state index contributed by atoms with van der Waals surface area (Å²) in [6.45, 7) is 7.92. The van der Waals surface area contributed by atoms with Crippen LogP contribution in [-0.2, 0) is 13.7 Å². The van der Waals surface area contributed by atoms with E-state index in [0.29, 0.717) is 12.5 Å². The third kappa shape index (κ3) is 5.05. The van der Waals surface area contributed by atoms with Crippen LogP contribution in [-0.4, -0.2) is 23.1 Å². The van der Waals surface area contributed by atoms with Crippen molar-refractivity contribution in [2.45, 2.75) is 27.4 Å². The Morgan fingerprint density at radius 1 is 0.938 bits per heavy atom. The third-order valence-electron chi connectivity index (χ3n) is 5.47. The maximum atomic E-state index is 6.19. The average Bonchev–Trinajstić information content (AvgIpc) is 3.08. The predicted molar refractivity (Wildman–Crippen MR) is 131 cm³/mol. The van der Waals surface area contributed by atoms with Gasteiger partial charge in [0, 0.05) is 38.5 Å². The van der Waals surface area contributed by atoms with Gasteiger partial charge in [0.2, 0.25) is 0 Å².